The van der Waals surface area contributed by atoms with E-state index in [1.807, 2.05) is 24.3 Å². The topological polar surface area (TPSA) is 38.0 Å². The lowest BCUT2D eigenvalue weighted by atomic mass is 10.1. The predicted molar refractivity (Wildman–Crippen MR) is 77.8 cm³/mol. The molecule has 3 heteroatoms. The highest BCUT2D eigenvalue weighted by Crippen LogP contribution is 2.29. The highest BCUT2D eigenvalue weighted by molar-refractivity contribution is 9.10. The molecule has 0 aliphatic rings. The zero-order valence-corrected chi connectivity index (χ0v) is 11.5. The number of benzene rings is 2. The molecule has 0 bridgehead atoms. The van der Waals surface area contributed by atoms with Crippen molar-refractivity contribution in [3.05, 3.63) is 52.0 Å². The van der Waals surface area contributed by atoms with Crippen LogP contribution in [0.1, 0.15) is 11.1 Å². The van der Waals surface area contributed by atoms with Gasteiger partial charge in [-0.15, -0.1) is 0 Å². The molecule has 0 fully saturated rings. The third kappa shape index (κ3) is 2.80. The van der Waals surface area contributed by atoms with Crippen molar-refractivity contribution in [2.45, 2.75) is 13.8 Å². The minimum absolute atomic E-state index is 0.766. The lowest BCUT2D eigenvalue weighted by Crippen LogP contribution is -1.96. The van der Waals surface area contributed by atoms with Crippen molar-refractivity contribution in [2.24, 2.45) is 0 Å². The van der Waals surface area contributed by atoms with Crippen LogP contribution in [0.5, 0.6) is 0 Å². The van der Waals surface area contributed by atoms with Gasteiger partial charge in [0.25, 0.3) is 0 Å². The molecule has 2 rings (SSSR count). The molecule has 2 nitrogen and oxygen atoms in total. The molecule has 0 heterocycles. The number of nitrogen functional groups attached to an aromatic ring is 1. The van der Waals surface area contributed by atoms with Crippen LogP contribution in [-0.4, -0.2) is 0 Å². The summed E-state index contributed by atoms with van der Waals surface area (Å²) in [6, 6.07) is 12.1. The number of anilines is 3. The van der Waals surface area contributed by atoms with E-state index < -0.39 is 0 Å². The summed E-state index contributed by atoms with van der Waals surface area (Å²) in [5, 5.41) is 3.40. The monoisotopic (exact) mass is 290 g/mol. The second-order valence-corrected chi connectivity index (χ2v) is 5.04. The smallest absolute Gasteiger partial charge is 0.0531 e. The summed E-state index contributed by atoms with van der Waals surface area (Å²) in [6.07, 6.45) is 0. The molecule has 2 aromatic rings. The second kappa shape index (κ2) is 4.80. The second-order valence-electron chi connectivity index (χ2n) is 4.18. The van der Waals surface area contributed by atoms with E-state index in [0.717, 1.165) is 21.5 Å². The third-order valence-electron chi connectivity index (χ3n) is 2.65. The molecule has 0 atom stereocenters. The Morgan fingerprint density at radius 3 is 2.53 bits per heavy atom. The van der Waals surface area contributed by atoms with Crippen LogP contribution < -0.4 is 11.1 Å². The van der Waals surface area contributed by atoms with E-state index in [1.54, 1.807) is 0 Å². The summed E-state index contributed by atoms with van der Waals surface area (Å²) >= 11 is 3.54. The first-order chi connectivity index (χ1) is 8.06. The molecule has 88 valence electrons. The molecular weight excluding hydrogens is 276 g/mol. The van der Waals surface area contributed by atoms with Crippen LogP contribution in [0.3, 0.4) is 0 Å². The van der Waals surface area contributed by atoms with Gasteiger partial charge in [0.1, 0.15) is 0 Å². The van der Waals surface area contributed by atoms with Crippen molar-refractivity contribution in [1.29, 1.82) is 0 Å². The molecule has 0 saturated carbocycles. The van der Waals surface area contributed by atoms with E-state index in [0.29, 0.717) is 0 Å². The van der Waals surface area contributed by atoms with Gasteiger partial charge < -0.3 is 11.1 Å². The lowest BCUT2D eigenvalue weighted by molar-refractivity contribution is 1.40. The Labute approximate surface area is 110 Å². The van der Waals surface area contributed by atoms with Crippen molar-refractivity contribution >= 4 is 33.0 Å². The van der Waals surface area contributed by atoms with E-state index in [9.17, 15) is 0 Å². The van der Waals surface area contributed by atoms with Crippen molar-refractivity contribution in [2.75, 3.05) is 11.1 Å². The van der Waals surface area contributed by atoms with Crippen LogP contribution in [0.2, 0.25) is 0 Å². The molecule has 0 aliphatic heterocycles. The zero-order chi connectivity index (χ0) is 12.4. The highest BCUT2D eigenvalue weighted by atomic mass is 79.9. The molecule has 3 N–H and O–H groups in total. The Bertz CT molecular complexity index is 500. The molecule has 2 aromatic carbocycles. The number of aryl methyl sites for hydroxylation is 2. The molecule has 0 amide bonds. The number of nitrogens with one attached hydrogen (secondary N) is 1. The Balaban J connectivity index is 2.37. The summed E-state index contributed by atoms with van der Waals surface area (Å²) < 4.78 is 1.05. The van der Waals surface area contributed by atoms with Gasteiger partial charge in [-0.1, -0.05) is 12.1 Å². The summed E-state index contributed by atoms with van der Waals surface area (Å²) in [5.74, 6) is 0. The average Bonchev–Trinajstić information content (AvgIpc) is 2.28. The van der Waals surface area contributed by atoms with Crippen LogP contribution in [0.25, 0.3) is 0 Å². The van der Waals surface area contributed by atoms with E-state index in [1.165, 1.54) is 11.1 Å². The average molecular weight is 291 g/mol. The van der Waals surface area contributed by atoms with E-state index in [-0.39, 0.29) is 0 Å². The molecule has 17 heavy (non-hydrogen) atoms. The maximum Gasteiger partial charge on any atom is 0.0531 e. The van der Waals surface area contributed by atoms with Crippen molar-refractivity contribution < 1.29 is 0 Å². The molecule has 0 radical (unpaired) electrons. The van der Waals surface area contributed by atoms with Crippen LogP contribution >= 0.6 is 15.9 Å². The van der Waals surface area contributed by atoms with Gasteiger partial charge in [-0.25, -0.2) is 0 Å². The predicted octanol–water partition coefficient (Wildman–Crippen LogP) is 4.39. The number of rotatable bonds is 2. The molecule has 0 spiro atoms. The van der Waals surface area contributed by atoms with Crippen molar-refractivity contribution in [3.63, 3.8) is 0 Å². The Hall–Kier alpha value is -1.48. The third-order valence-corrected chi connectivity index (χ3v) is 3.34. The number of hydrogen-bond acceptors (Lipinski definition) is 2. The lowest BCUT2D eigenvalue weighted by Gasteiger charge is -2.12. The van der Waals surface area contributed by atoms with Gasteiger partial charge in [0.2, 0.25) is 0 Å². The molecular formula is C14H15BrN2. The Morgan fingerprint density at radius 2 is 1.76 bits per heavy atom. The summed E-state index contributed by atoms with van der Waals surface area (Å²) in [4.78, 5) is 0. The fourth-order valence-corrected chi connectivity index (χ4v) is 2.00. The highest BCUT2D eigenvalue weighted by Gasteiger charge is 2.03. The SMILES string of the molecule is Cc1ccc(Br)c(Nc2cc(N)ccc2C)c1. The standard InChI is InChI=1S/C14H15BrN2/c1-9-3-6-12(15)14(7-9)17-13-8-11(16)5-4-10(13)2/h3-8,17H,16H2,1-2H3. The van der Waals surface area contributed by atoms with Crippen LogP contribution in [0.4, 0.5) is 17.1 Å². The van der Waals surface area contributed by atoms with Gasteiger partial charge in [0.15, 0.2) is 0 Å². The van der Waals surface area contributed by atoms with Gasteiger partial charge in [0, 0.05) is 15.8 Å². The molecule has 0 saturated heterocycles. The summed E-state index contributed by atoms with van der Waals surface area (Å²) in [6.45, 7) is 4.13. The Kier molecular flexibility index (Phi) is 3.38. The van der Waals surface area contributed by atoms with Crippen LogP contribution in [-0.2, 0) is 0 Å². The normalized spacial score (nSPS) is 10.3. The number of nitrogens with two attached hydrogens (primary N) is 1. The molecule has 0 aromatic heterocycles. The summed E-state index contributed by atoms with van der Waals surface area (Å²) in [5.41, 5.74) is 11.0. The minimum atomic E-state index is 0.766. The van der Waals surface area contributed by atoms with Gasteiger partial charge in [-0.3, -0.25) is 0 Å². The van der Waals surface area contributed by atoms with Gasteiger partial charge in [0.05, 0.1) is 5.69 Å². The zero-order valence-electron chi connectivity index (χ0n) is 9.92. The molecule has 0 aliphatic carbocycles. The molecule has 0 unspecified atom stereocenters. The number of halogens is 1. The number of hydrogen-bond donors (Lipinski definition) is 2. The summed E-state index contributed by atoms with van der Waals surface area (Å²) in [7, 11) is 0. The first-order valence-electron chi connectivity index (χ1n) is 5.45. The van der Waals surface area contributed by atoms with E-state index >= 15 is 0 Å². The maximum absolute atomic E-state index is 5.80. The van der Waals surface area contributed by atoms with E-state index in [2.05, 4.69) is 47.2 Å². The van der Waals surface area contributed by atoms with E-state index in [4.69, 9.17) is 5.73 Å². The quantitative estimate of drug-likeness (QED) is 0.805. The fraction of sp³-hybridized carbons (Fsp3) is 0.143. The van der Waals surface area contributed by atoms with Crippen molar-refractivity contribution in [1.82, 2.24) is 0 Å². The fourth-order valence-electron chi connectivity index (χ4n) is 1.65. The van der Waals surface area contributed by atoms with Crippen molar-refractivity contribution in [3.8, 4) is 0 Å². The van der Waals surface area contributed by atoms with Crippen LogP contribution in [0, 0.1) is 13.8 Å². The first kappa shape index (κ1) is 12.0. The minimum Gasteiger partial charge on any atom is -0.399 e. The maximum atomic E-state index is 5.80. The first-order valence-corrected chi connectivity index (χ1v) is 6.25. The van der Waals surface area contributed by atoms with Gasteiger partial charge in [-0.05, 0) is 65.2 Å². The van der Waals surface area contributed by atoms with Crippen LogP contribution in [0.15, 0.2) is 40.9 Å². The largest absolute Gasteiger partial charge is 0.399 e. The van der Waals surface area contributed by atoms with Gasteiger partial charge >= 0.3 is 0 Å². The Morgan fingerprint density at radius 1 is 1.00 bits per heavy atom. The van der Waals surface area contributed by atoms with Gasteiger partial charge in [-0.2, -0.15) is 0 Å².